The first kappa shape index (κ1) is 22.3. The van der Waals surface area contributed by atoms with Crippen LogP contribution in [0.25, 0.3) is 0 Å². The summed E-state index contributed by atoms with van der Waals surface area (Å²) in [5, 5.41) is 6.77. The fraction of sp³-hybridized carbons (Fsp3) is 0.409. The Morgan fingerprint density at radius 2 is 1.57 bits per heavy atom. The number of nitrogens with one attached hydrogen (secondary N) is 2. The van der Waals surface area contributed by atoms with E-state index in [4.69, 9.17) is 18.9 Å². The summed E-state index contributed by atoms with van der Waals surface area (Å²) >= 11 is 0. The van der Waals surface area contributed by atoms with E-state index in [1.165, 1.54) is 5.56 Å². The SMILES string of the molecule is CN=C(NCc1ccc2c(c1)OCO2)NCC(C)(C)c1ccc2c(c1)OCCO2.I. The Bertz CT molecular complexity index is 917. The molecule has 0 saturated carbocycles. The van der Waals surface area contributed by atoms with Crippen molar-refractivity contribution >= 4 is 29.9 Å². The van der Waals surface area contributed by atoms with Gasteiger partial charge in [0.25, 0.3) is 0 Å². The number of ether oxygens (including phenoxy) is 4. The molecule has 4 rings (SSSR count). The van der Waals surface area contributed by atoms with E-state index in [1.54, 1.807) is 7.05 Å². The molecule has 2 N–H and O–H groups in total. The maximum Gasteiger partial charge on any atom is 0.231 e. The van der Waals surface area contributed by atoms with E-state index in [9.17, 15) is 0 Å². The van der Waals surface area contributed by atoms with Crippen LogP contribution in [-0.2, 0) is 12.0 Å². The van der Waals surface area contributed by atoms with E-state index >= 15 is 0 Å². The van der Waals surface area contributed by atoms with Crippen LogP contribution >= 0.6 is 24.0 Å². The van der Waals surface area contributed by atoms with Gasteiger partial charge in [0, 0.05) is 25.6 Å². The molecule has 0 spiro atoms. The average Bonchev–Trinajstić information content (AvgIpc) is 3.21. The molecule has 7 nitrogen and oxygen atoms in total. The number of benzene rings is 2. The van der Waals surface area contributed by atoms with Crippen LogP contribution in [0, 0.1) is 0 Å². The van der Waals surface area contributed by atoms with Crippen LogP contribution in [0.2, 0.25) is 0 Å². The highest BCUT2D eigenvalue weighted by molar-refractivity contribution is 14.0. The molecule has 2 aromatic rings. The van der Waals surface area contributed by atoms with Crippen LogP contribution in [0.15, 0.2) is 41.4 Å². The third-order valence-corrected chi connectivity index (χ3v) is 5.14. The van der Waals surface area contributed by atoms with Gasteiger partial charge in [-0.2, -0.15) is 0 Å². The normalized spacial score (nSPS) is 14.7. The Balaban J connectivity index is 0.00000256. The summed E-state index contributed by atoms with van der Waals surface area (Å²) in [6, 6.07) is 12.1. The fourth-order valence-electron chi connectivity index (χ4n) is 3.33. The van der Waals surface area contributed by atoms with Crippen LogP contribution in [-0.4, -0.2) is 39.6 Å². The molecule has 0 aromatic heterocycles. The zero-order valence-electron chi connectivity index (χ0n) is 17.5. The van der Waals surface area contributed by atoms with Crippen molar-refractivity contribution in [3.8, 4) is 23.0 Å². The van der Waals surface area contributed by atoms with Crippen LogP contribution in [0.3, 0.4) is 0 Å². The van der Waals surface area contributed by atoms with Crippen LogP contribution in [0.5, 0.6) is 23.0 Å². The number of halogens is 1. The average molecular weight is 525 g/mol. The van der Waals surface area contributed by atoms with Crippen molar-refractivity contribution < 1.29 is 18.9 Å². The number of rotatable bonds is 5. The Morgan fingerprint density at radius 1 is 0.900 bits per heavy atom. The third kappa shape index (κ3) is 5.03. The Hall–Kier alpha value is -2.36. The highest BCUT2D eigenvalue weighted by atomic mass is 127. The van der Waals surface area contributed by atoms with Crippen molar-refractivity contribution in [3.05, 3.63) is 47.5 Å². The lowest BCUT2D eigenvalue weighted by Gasteiger charge is -2.28. The Labute approximate surface area is 194 Å². The summed E-state index contributed by atoms with van der Waals surface area (Å²) in [6.07, 6.45) is 0. The van der Waals surface area contributed by atoms with Crippen molar-refractivity contribution in [2.45, 2.75) is 25.8 Å². The molecule has 0 radical (unpaired) electrons. The minimum atomic E-state index is -0.119. The number of fused-ring (bicyclic) bond motifs is 2. The van der Waals surface area contributed by atoms with Gasteiger partial charge in [-0.3, -0.25) is 4.99 Å². The van der Waals surface area contributed by atoms with Crippen molar-refractivity contribution in [2.75, 3.05) is 33.6 Å². The first-order valence-electron chi connectivity index (χ1n) is 9.78. The number of aliphatic imine (C=N–C) groups is 1. The molecule has 0 aliphatic carbocycles. The largest absolute Gasteiger partial charge is 0.486 e. The summed E-state index contributed by atoms with van der Waals surface area (Å²) in [7, 11) is 1.77. The monoisotopic (exact) mass is 525 g/mol. The van der Waals surface area contributed by atoms with Gasteiger partial charge >= 0.3 is 0 Å². The second kappa shape index (κ2) is 9.63. The molecule has 2 aliphatic heterocycles. The van der Waals surface area contributed by atoms with Gasteiger partial charge in [0.2, 0.25) is 6.79 Å². The van der Waals surface area contributed by atoms with Crippen molar-refractivity contribution in [3.63, 3.8) is 0 Å². The highest BCUT2D eigenvalue weighted by Crippen LogP contribution is 2.35. The number of hydrogen-bond acceptors (Lipinski definition) is 5. The summed E-state index contributed by atoms with van der Waals surface area (Å²) in [4.78, 5) is 4.34. The molecule has 0 amide bonds. The molecule has 30 heavy (non-hydrogen) atoms. The molecule has 0 bridgehead atoms. The lowest BCUT2D eigenvalue weighted by molar-refractivity contribution is 0.171. The summed E-state index contributed by atoms with van der Waals surface area (Å²) in [6.45, 7) is 7.21. The van der Waals surface area contributed by atoms with E-state index in [-0.39, 0.29) is 36.2 Å². The quantitative estimate of drug-likeness (QED) is 0.354. The standard InChI is InChI=1S/C22H27N3O4.HI/c1-22(2,16-5-7-17-20(11-16)27-9-8-26-17)13-25-21(23-3)24-12-15-4-6-18-19(10-15)29-14-28-18;/h4-7,10-11H,8-9,12-14H2,1-3H3,(H2,23,24,25);1H. The molecule has 0 unspecified atom stereocenters. The topological polar surface area (TPSA) is 73.3 Å². The van der Waals surface area contributed by atoms with E-state index < -0.39 is 0 Å². The predicted octanol–water partition coefficient (Wildman–Crippen LogP) is 3.45. The van der Waals surface area contributed by atoms with E-state index in [1.807, 2.05) is 24.3 Å². The van der Waals surface area contributed by atoms with E-state index in [0.717, 1.165) is 34.5 Å². The van der Waals surface area contributed by atoms with Gasteiger partial charge in [-0.1, -0.05) is 26.0 Å². The summed E-state index contributed by atoms with van der Waals surface area (Å²) in [5.74, 6) is 3.94. The zero-order chi connectivity index (χ0) is 20.3. The molecule has 2 aromatic carbocycles. The fourth-order valence-corrected chi connectivity index (χ4v) is 3.33. The number of nitrogens with zero attached hydrogens (tertiary/aromatic N) is 1. The minimum absolute atomic E-state index is 0. The highest BCUT2D eigenvalue weighted by Gasteiger charge is 2.24. The van der Waals surface area contributed by atoms with Gasteiger partial charge in [0.1, 0.15) is 13.2 Å². The van der Waals surface area contributed by atoms with Gasteiger partial charge in [0.05, 0.1) is 0 Å². The van der Waals surface area contributed by atoms with E-state index in [0.29, 0.717) is 26.3 Å². The van der Waals surface area contributed by atoms with Gasteiger partial charge in [-0.15, -0.1) is 24.0 Å². The molecule has 0 fully saturated rings. The molecule has 8 heteroatoms. The van der Waals surface area contributed by atoms with E-state index in [2.05, 4.69) is 41.6 Å². The zero-order valence-corrected chi connectivity index (χ0v) is 19.8. The third-order valence-electron chi connectivity index (χ3n) is 5.14. The minimum Gasteiger partial charge on any atom is -0.486 e. The van der Waals surface area contributed by atoms with Crippen molar-refractivity contribution in [2.24, 2.45) is 4.99 Å². The number of hydrogen-bond donors (Lipinski definition) is 2. The van der Waals surface area contributed by atoms with Crippen LogP contribution in [0.1, 0.15) is 25.0 Å². The first-order chi connectivity index (χ1) is 14.0. The van der Waals surface area contributed by atoms with Gasteiger partial charge in [-0.05, 0) is 35.4 Å². The lowest BCUT2D eigenvalue weighted by atomic mass is 9.84. The maximum atomic E-state index is 5.72. The molecule has 2 aliphatic rings. The van der Waals surface area contributed by atoms with Gasteiger partial charge in [-0.25, -0.2) is 0 Å². The molecule has 2 heterocycles. The van der Waals surface area contributed by atoms with Crippen molar-refractivity contribution in [1.82, 2.24) is 10.6 Å². The van der Waals surface area contributed by atoms with Crippen LogP contribution < -0.4 is 29.6 Å². The van der Waals surface area contributed by atoms with Gasteiger partial charge in [0.15, 0.2) is 29.0 Å². The Morgan fingerprint density at radius 3 is 2.37 bits per heavy atom. The van der Waals surface area contributed by atoms with Crippen LogP contribution in [0.4, 0.5) is 0 Å². The lowest BCUT2D eigenvalue weighted by Crippen LogP contribution is -2.43. The molecule has 162 valence electrons. The van der Waals surface area contributed by atoms with Gasteiger partial charge < -0.3 is 29.6 Å². The summed E-state index contributed by atoms with van der Waals surface area (Å²) in [5.41, 5.74) is 2.16. The molecular weight excluding hydrogens is 497 g/mol. The second-order valence-electron chi connectivity index (χ2n) is 7.71. The maximum absolute atomic E-state index is 5.72. The predicted molar refractivity (Wildman–Crippen MR) is 127 cm³/mol. The van der Waals surface area contributed by atoms with Crippen molar-refractivity contribution in [1.29, 1.82) is 0 Å². The second-order valence-corrected chi connectivity index (χ2v) is 7.71. The molecule has 0 atom stereocenters. The smallest absolute Gasteiger partial charge is 0.231 e. The number of guanidine groups is 1. The Kier molecular flexibility index (Phi) is 7.17. The first-order valence-corrected chi connectivity index (χ1v) is 9.78. The molecule has 0 saturated heterocycles. The molecular formula is C22H28IN3O4. The summed E-state index contributed by atoms with van der Waals surface area (Å²) < 4.78 is 22.1.